The summed E-state index contributed by atoms with van der Waals surface area (Å²) in [5.41, 5.74) is 4.83. The topological polar surface area (TPSA) is 182 Å². The smallest absolute Gasteiger partial charge is 0.328 e. The van der Waals surface area contributed by atoms with E-state index < -0.39 is 29.2 Å². The van der Waals surface area contributed by atoms with Crippen LogP contribution in [-0.4, -0.2) is 106 Å². The summed E-state index contributed by atoms with van der Waals surface area (Å²) in [4.78, 5) is 68.8. The Kier molecular flexibility index (Phi) is 13.3. The van der Waals surface area contributed by atoms with Crippen LogP contribution in [0.5, 0.6) is 5.75 Å². The minimum atomic E-state index is -1.29. The maximum atomic E-state index is 15.2. The fourth-order valence-corrected chi connectivity index (χ4v) is 9.36. The highest BCUT2D eigenvalue weighted by Crippen LogP contribution is 2.36. The average molecular weight is 941 g/mol. The van der Waals surface area contributed by atoms with E-state index in [0.29, 0.717) is 63.5 Å². The number of nitrogens with zero attached hydrogens (tertiary/aromatic N) is 5. The number of fused-ring (bicyclic) bond motifs is 1. The van der Waals surface area contributed by atoms with Gasteiger partial charge in [0.25, 0.3) is 11.8 Å². The van der Waals surface area contributed by atoms with Gasteiger partial charge in [0.1, 0.15) is 29.4 Å². The molecule has 17 heteroatoms. The number of nitrogens with one attached hydrogen (secondary N) is 3. The lowest BCUT2D eigenvalue weighted by atomic mass is 9.96. The van der Waals surface area contributed by atoms with Crippen molar-refractivity contribution in [1.29, 1.82) is 0 Å². The summed E-state index contributed by atoms with van der Waals surface area (Å²) >= 11 is 0. The molecular formula is C52H54F2N8O7. The molecule has 358 valence electrons. The molecular weight excluding hydrogens is 887 g/mol. The maximum absolute atomic E-state index is 15.2. The molecule has 69 heavy (non-hydrogen) atoms. The minimum Gasteiger partial charge on any atom is -0.495 e. The van der Waals surface area contributed by atoms with Crippen molar-refractivity contribution >= 4 is 46.2 Å². The number of rotatable bonds is 12. The number of carbonyl (C=O) groups excluding carboxylic acids is 4. The summed E-state index contributed by atoms with van der Waals surface area (Å²) < 4.78 is 42.3. The van der Waals surface area contributed by atoms with E-state index in [-0.39, 0.29) is 48.2 Å². The van der Waals surface area contributed by atoms with Crippen molar-refractivity contribution in [1.82, 2.24) is 30.1 Å². The monoisotopic (exact) mass is 940 g/mol. The number of H-pyrrole nitrogens is 1. The summed E-state index contributed by atoms with van der Waals surface area (Å²) in [5.74, 6) is -2.21. The van der Waals surface area contributed by atoms with Gasteiger partial charge < -0.3 is 29.8 Å². The maximum Gasteiger partial charge on any atom is 0.328 e. The van der Waals surface area contributed by atoms with Crippen molar-refractivity contribution in [3.63, 3.8) is 0 Å². The average Bonchev–Trinajstić information content (AvgIpc) is 3.78. The van der Waals surface area contributed by atoms with E-state index in [1.807, 2.05) is 11.0 Å². The second-order valence-electron chi connectivity index (χ2n) is 18.4. The SMILES string of the molecule is COc1cc(C(=O)N2CCC(OC3CCN(Cc4ccc(-c5cc6c(-c7cc(F)cc(NC(=O)c8ccc(C(C)(C)O)cc8F)c7C)ncnc6[nH]5)cc4)CC3)CC2)ccc1N1CCC(=O)NC1=O. The largest absolute Gasteiger partial charge is 0.495 e. The van der Waals surface area contributed by atoms with Gasteiger partial charge in [0, 0.05) is 73.6 Å². The van der Waals surface area contributed by atoms with Crippen molar-refractivity contribution in [3.8, 4) is 28.3 Å². The van der Waals surface area contributed by atoms with Gasteiger partial charge in [0.2, 0.25) is 5.91 Å². The fourth-order valence-electron chi connectivity index (χ4n) is 9.36. The zero-order chi connectivity index (χ0) is 48.6. The molecule has 0 atom stereocenters. The van der Waals surface area contributed by atoms with Gasteiger partial charge >= 0.3 is 6.03 Å². The first-order valence-corrected chi connectivity index (χ1v) is 23.2. The number of hydrogen-bond donors (Lipinski definition) is 4. The molecule has 5 heterocycles. The fraction of sp³-hybridized carbons (Fsp3) is 0.346. The molecule has 9 rings (SSSR count). The van der Waals surface area contributed by atoms with Gasteiger partial charge in [-0.1, -0.05) is 30.3 Å². The summed E-state index contributed by atoms with van der Waals surface area (Å²) in [5, 5.41) is 15.9. The quantitative estimate of drug-likeness (QED) is 0.0936. The molecule has 0 radical (unpaired) electrons. The van der Waals surface area contributed by atoms with Crippen molar-refractivity contribution in [2.24, 2.45) is 0 Å². The van der Waals surface area contributed by atoms with Crippen LogP contribution in [-0.2, 0) is 21.7 Å². The molecule has 6 aromatic rings. The number of benzene rings is 4. The number of urea groups is 1. The van der Waals surface area contributed by atoms with Crippen LogP contribution in [0, 0.1) is 18.6 Å². The van der Waals surface area contributed by atoms with Crippen molar-refractivity contribution < 1.29 is 42.5 Å². The number of hydrogen-bond acceptors (Lipinski definition) is 10. The number of piperidine rings is 2. The summed E-state index contributed by atoms with van der Waals surface area (Å²) in [7, 11) is 1.49. The molecule has 0 spiro atoms. The first-order valence-electron chi connectivity index (χ1n) is 23.2. The van der Waals surface area contributed by atoms with Crippen LogP contribution in [0.3, 0.4) is 0 Å². The molecule has 15 nitrogen and oxygen atoms in total. The van der Waals surface area contributed by atoms with E-state index in [2.05, 4.69) is 54.8 Å². The summed E-state index contributed by atoms with van der Waals surface area (Å²) in [6, 6.07) is 21.2. The summed E-state index contributed by atoms with van der Waals surface area (Å²) in [6.45, 7) is 8.76. The highest BCUT2D eigenvalue weighted by molar-refractivity contribution is 6.07. The zero-order valence-electron chi connectivity index (χ0n) is 38.9. The van der Waals surface area contributed by atoms with Crippen LogP contribution in [0.4, 0.5) is 25.0 Å². The minimum absolute atomic E-state index is 0.0772. The Labute approximate surface area is 397 Å². The number of halogens is 2. The Bertz CT molecular complexity index is 2940. The van der Waals surface area contributed by atoms with Gasteiger partial charge in [0.05, 0.1) is 41.9 Å². The molecule has 3 aliphatic heterocycles. The van der Waals surface area contributed by atoms with Crippen LogP contribution in [0.15, 0.2) is 85.2 Å². The lowest BCUT2D eigenvalue weighted by Crippen LogP contribution is -2.49. The van der Waals surface area contributed by atoms with E-state index in [1.54, 1.807) is 25.1 Å². The number of amides is 5. The molecule has 0 aliphatic carbocycles. The van der Waals surface area contributed by atoms with E-state index >= 15 is 8.78 Å². The van der Waals surface area contributed by atoms with Crippen LogP contribution in [0.25, 0.3) is 33.5 Å². The third-order valence-corrected chi connectivity index (χ3v) is 13.3. The molecule has 4 aromatic carbocycles. The number of likely N-dealkylation sites (tertiary alicyclic amines) is 2. The van der Waals surface area contributed by atoms with E-state index in [1.165, 1.54) is 62.0 Å². The van der Waals surface area contributed by atoms with Crippen LogP contribution in [0.2, 0.25) is 0 Å². The number of aromatic amines is 1. The van der Waals surface area contributed by atoms with Crippen molar-refractivity contribution in [3.05, 3.63) is 125 Å². The van der Waals surface area contributed by atoms with Crippen molar-refractivity contribution in [2.45, 2.75) is 77.2 Å². The first-order chi connectivity index (χ1) is 33.1. The lowest BCUT2D eigenvalue weighted by Gasteiger charge is -2.37. The molecule has 0 unspecified atom stereocenters. The molecule has 5 amide bonds. The molecule has 2 aromatic heterocycles. The molecule has 3 fully saturated rings. The molecule has 0 saturated carbocycles. The second kappa shape index (κ2) is 19.5. The Morgan fingerprint density at radius 2 is 1.61 bits per heavy atom. The van der Waals surface area contributed by atoms with E-state index in [9.17, 15) is 24.3 Å². The number of carbonyl (C=O) groups is 4. The van der Waals surface area contributed by atoms with Gasteiger partial charge in [-0.3, -0.25) is 29.5 Å². The van der Waals surface area contributed by atoms with Gasteiger partial charge in [-0.05, 0) is 117 Å². The predicted octanol–water partition coefficient (Wildman–Crippen LogP) is 8.10. The van der Waals surface area contributed by atoms with Gasteiger partial charge in [-0.2, -0.15) is 0 Å². The number of imide groups is 1. The Hall–Kier alpha value is -7.08. The predicted molar refractivity (Wildman–Crippen MR) is 256 cm³/mol. The number of anilines is 2. The van der Waals surface area contributed by atoms with Crippen LogP contribution < -0.4 is 20.3 Å². The number of methoxy groups -OCH3 is 1. The number of aromatic nitrogens is 3. The normalized spacial score (nSPS) is 16.5. The van der Waals surface area contributed by atoms with Crippen molar-refractivity contribution in [2.75, 3.05) is 50.1 Å². The Balaban J connectivity index is 0.771. The zero-order valence-corrected chi connectivity index (χ0v) is 38.9. The first kappa shape index (κ1) is 47.0. The third-order valence-electron chi connectivity index (χ3n) is 13.3. The Morgan fingerprint density at radius 1 is 0.884 bits per heavy atom. The molecule has 0 bridgehead atoms. The lowest BCUT2D eigenvalue weighted by molar-refractivity contribution is -0.120. The van der Waals surface area contributed by atoms with E-state index in [0.717, 1.165) is 62.6 Å². The molecule has 3 saturated heterocycles. The standard InChI is InChI=1S/C52H54F2N8O7/c1-30-39(25-35(53)26-42(30)58-49(64)38-11-10-34(24-41(38)54)52(2,3)67)47-40-27-43(57-48(40)56-29-55-47)32-7-5-31(6-8-32)28-60-18-13-36(14-19-60)69-37-15-20-61(21-16-37)50(65)33-9-12-44(45(23-33)68-4)62-22-17-46(63)59-51(62)66/h5-12,23-27,29,36-37,67H,13-22,28H2,1-4H3,(H,58,64)(H,55,56,57)(H,59,63,66). The molecule has 4 N–H and O–H groups in total. The van der Waals surface area contributed by atoms with E-state index in [4.69, 9.17) is 9.47 Å². The molecule has 3 aliphatic rings. The van der Waals surface area contributed by atoms with Gasteiger partial charge in [-0.25, -0.2) is 23.5 Å². The van der Waals surface area contributed by atoms with Gasteiger partial charge in [-0.15, -0.1) is 0 Å². The van der Waals surface area contributed by atoms with Gasteiger partial charge in [0.15, 0.2) is 0 Å². The van der Waals surface area contributed by atoms with Crippen LogP contribution >= 0.6 is 0 Å². The number of ether oxygens (including phenoxy) is 2. The number of aliphatic hydroxyl groups is 1. The van der Waals surface area contributed by atoms with Crippen LogP contribution in [0.1, 0.15) is 83.4 Å². The highest BCUT2D eigenvalue weighted by Gasteiger charge is 2.31. The Morgan fingerprint density at radius 3 is 2.29 bits per heavy atom. The highest BCUT2D eigenvalue weighted by atomic mass is 19.1. The third kappa shape index (κ3) is 10.2. The summed E-state index contributed by atoms with van der Waals surface area (Å²) in [6.07, 6.45) is 5.14. The second-order valence-corrected chi connectivity index (χ2v) is 18.4.